The van der Waals surface area contributed by atoms with Gasteiger partial charge >= 0.3 is 6.03 Å². The van der Waals surface area contributed by atoms with Crippen LogP contribution in [0.15, 0.2) is 24.3 Å². The standard InChI is InChI=1S/C19H28N4O3/c20-9-2-12-26-17-7-10-23(11-8-17)18(24)14-3-1-4-16(13-14)22-19(25)21-15-5-6-15/h1,3-4,13,15,17H,2,5-12,20H2,(H2,21,22,25). The predicted molar refractivity (Wildman–Crippen MR) is 100 cm³/mol. The number of nitrogens with one attached hydrogen (secondary N) is 2. The first-order valence-electron chi connectivity index (χ1n) is 9.44. The summed E-state index contributed by atoms with van der Waals surface area (Å²) in [5, 5.41) is 5.67. The molecule has 3 rings (SSSR count). The minimum atomic E-state index is -0.215. The number of piperidine rings is 1. The lowest BCUT2D eigenvalue weighted by molar-refractivity contribution is 0.00844. The Bertz CT molecular complexity index is 625. The summed E-state index contributed by atoms with van der Waals surface area (Å²) in [6, 6.07) is 7.19. The van der Waals surface area contributed by atoms with Crippen LogP contribution in [0.25, 0.3) is 0 Å². The predicted octanol–water partition coefficient (Wildman–Crippen LogP) is 1.94. The molecule has 7 nitrogen and oxygen atoms in total. The van der Waals surface area contributed by atoms with Gasteiger partial charge in [0.25, 0.3) is 5.91 Å². The van der Waals surface area contributed by atoms with Crippen LogP contribution in [0.3, 0.4) is 0 Å². The SMILES string of the molecule is NCCCOC1CCN(C(=O)c2cccc(NC(=O)NC3CC3)c2)CC1. The van der Waals surface area contributed by atoms with Crippen LogP contribution < -0.4 is 16.4 Å². The monoisotopic (exact) mass is 360 g/mol. The van der Waals surface area contributed by atoms with Crippen molar-refractivity contribution in [2.75, 3.05) is 31.6 Å². The number of ether oxygens (including phenoxy) is 1. The molecule has 2 fully saturated rings. The van der Waals surface area contributed by atoms with Gasteiger partial charge in [-0.15, -0.1) is 0 Å². The van der Waals surface area contributed by atoms with Crippen LogP contribution in [0.4, 0.5) is 10.5 Å². The lowest BCUT2D eigenvalue weighted by Crippen LogP contribution is -2.41. The summed E-state index contributed by atoms with van der Waals surface area (Å²) in [5.41, 5.74) is 6.70. The molecule has 1 aromatic carbocycles. The summed E-state index contributed by atoms with van der Waals surface area (Å²) in [4.78, 5) is 26.4. The third-order valence-electron chi connectivity index (χ3n) is 4.71. The molecule has 0 atom stereocenters. The van der Waals surface area contributed by atoms with E-state index >= 15 is 0 Å². The number of nitrogens with zero attached hydrogens (tertiary/aromatic N) is 1. The topological polar surface area (TPSA) is 96.7 Å². The van der Waals surface area contributed by atoms with Gasteiger partial charge in [-0.1, -0.05) is 6.07 Å². The highest BCUT2D eigenvalue weighted by Gasteiger charge is 2.25. The second-order valence-corrected chi connectivity index (χ2v) is 6.96. The van der Waals surface area contributed by atoms with Crippen LogP contribution in [-0.2, 0) is 4.74 Å². The van der Waals surface area contributed by atoms with Crippen LogP contribution in [0.2, 0.25) is 0 Å². The van der Waals surface area contributed by atoms with Gasteiger partial charge in [-0.05, 0) is 56.8 Å². The summed E-state index contributed by atoms with van der Waals surface area (Å²) in [6.45, 7) is 2.70. The zero-order valence-corrected chi connectivity index (χ0v) is 15.1. The van der Waals surface area contributed by atoms with E-state index in [1.807, 2.05) is 4.90 Å². The summed E-state index contributed by atoms with van der Waals surface area (Å²) < 4.78 is 5.78. The fourth-order valence-electron chi connectivity index (χ4n) is 3.05. The molecule has 1 aromatic rings. The molecular weight excluding hydrogens is 332 g/mol. The first-order chi connectivity index (χ1) is 12.7. The average Bonchev–Trinajstić information content (AvgIpc) is 3.46. The summed E-state index contributed by atoms with van der Waals surface area (Å²) in [5.74, 6) is -0.00309. The number of benzene rings is 1. The summed E-state index contributed by atoms with van der Waals surface area (Å²) in [7, 11) is 0. The molecule has 1 heterocycles. The molecule has 142 valence electrons. The van der Waals surface area contributed by atoms with Gasteiger partial charge < -0.3 is 26.0 Å². The van der Waals surface area contributed by atoms with Crippen molar-refractivity contribution in [3.63, 3.8) is 0 Å². The molecule has 1 aliphatic carbocycles. The second-order valence-electron chi connectivity index (χ2n) is 6.96. The second kappa shape index (κ2) is 9.00. The number of amides is 3. The van der Waals surface area contributed by atoms with Gasteiger partial charge in [0.15, 0.2) is 0 Å². The smallest absolute Gasteiger partial charge is 0.319 e. The van der Waals surface area contributed by atoms with Crippen molar-refractivity contribution in [1.82, 2.24) is 10.2 Å². The largest absolute Gasteiger partial charge is 0.378 e. The van der Waals surface area contributed by atoms with Crippen LogP contribution in [0, 0.1) is 0 Å². The molecule has 4 N–H and O–H groups in total. The van der Waals surface area contributed by atoms with Gasteiger partial charge in [0.05, 0.1) is 6.10 Å². The number of urea groups is 1. The number of anilines is 1. The van der Waals surface area contributed by atoms with E-state index in [-0.39, 0.29) is 18.0 Å². The first-order valence-corrected chi connectivity index (χ1v) is 9.44. The maximum atomic E-state index is 12.7. The lowest BCUT2D eigenvalue weighted by Gasteiger charge is -2.32. The van der Waals surface area contributed by atoms with Crippen molar-refractivity contribution in [2.24, 2.45) is 5.73 Å². The number of rotatable bonds is 7. The molecule has 1 saturated carbocycles. The molecule has 1 aliphatic heterocycles. The van der Waals surface area contributed by atoms with E-state index < -0.39 is 0 Å². The molecule has 1 saturated heterocycles. The Balaban J connectivity index is 1.50. The Morgan fingerprint density at radius 3 is 2.65 bits per heavy atom. The molecule has 2 aliphatic rings. The summed E-state index contributed by atoms with van der Waals surface area (Å²) in [6.07, 6.45) is 4.85. The van der Waals surface area contributed by atoms with Gasteiger partial charge in [-0.25, -0.2) is 4.79 Å². The lowest BCUT2D eigenvalue weighted by atomic mass is 10.1. The number of likely N-dealkylation sites (tertiary alicyclic amines) is 1. The Morgan fingerprint density at radius 2 is 1.96 bits per heavy atom. The van der Waals surface area contributed by atoms with Crippen molar-refractivity contribution in [1.29, 1.82) is 0 Å². The third-order valence-corrected chi connectivity index (χ3v) is 4.71. The highest BCUT2D eigenvalue weighted by molar-refractivity contribution is 5.97. The number of nitrogens with two attached hydrogens (primary N) is 1. The highest BCUT2D eigenvalue weighted by atomic mass is 16.5. The van der Waals surface area contributed by atoms with E-state index in [0.717, 1.165) is 32.1 Å². The van der Waals surface area contributed by atoms with Gasteiger partial charge in [0.1, 0.15) is 0 Å². The Labute approximate surface area is 154 Å². The van der Waals surface area contributed by atoms with Crippen molar-refractivity contribution in [2.45, 2.75) is 44.2 Å². The fraction of sp³-hybridized carbons (Fsp3) is 0.579. The Kier molecular flexibility index (Phi) is 6.46. The third kappa shape index (κ3) is 5.44. The van der Waals surface area contributed by atoms with Gasteiger partial charge in [0, 0.05) is 37.0 Å². The maximum absolute atomic E-state index is 12.7. The van der Waals surface area contributed by atoms with Gasteiger partial charge in [-0.2, -0.15) is 0 Å². The van der Waals surface area contributed by atoms with E-state index in [9.17, 15) is 9.59 Å². The molecule has 0 spiro atoms. The normalized spacial score (nSPS) is 17.8. The maximum Gasteiger partial charge on any atom is 0.319 e. The average molecular weight is 360 g/mol. The van der Waals surface area contributed by atoms with Crippen LogP contribution in [0.1, 0.15) is 42.5 Å². The minimum absolute atomic E-state index is 0.00309. The zero-order valence-electron chi connectivity index (χ0n) is 15.1. The van der Waals surface area contributed by atoms with E-state index in [1.54, 1.807) is 24.3 Å². The van der Waals surface area contributed by atoms with Crippen molar-refractivity contribution in [3.8, 4) is 0 Å². The van der Waals surface area contributed by atoms with Crippen LogP contribution in [-0.4, -0.2) is 55.2 Å². The molecule has 0 unspecified atom stereocenters. The molecular formula is C19H28N4O3. The fourth-order valence-corrected chi connectivity index (χ4v) is 3.05. The van der Waals surface area contributed by atoms with E-state index in [0.29, 0.717) is 43.5 Å². The van der Waals surface area contributed by atoms with Crippen molar-refractivity contribution < 1.29 is 14.3 Å². The van der Waals surface area contributed by atoms with Crippen LogP contribution in [0.5, 0.6) is 0 Å². The minimum Gasteiger partial charge on any atom is -0.378 e. The zero-order chi connectivity index (χ0) is 18.4. The number of carbonyl (C=O) groups excluding carboxylic acids is 2. The van der Waals surface area contributed by atoms with Crippen molar-refractivity contribution >= 4 is 17.6 Å². The molecule has 0 aromatic heterocycles. The van der Waals surface area contributed by atoms with Gasteiger partial charge in [-0.3, -0.25) is 4.79 Å². The van der Waals surface area contributed by atoms with E-state index in [2.05, 4.69) is 10.6 Å². The molecule has 26 heavy (non-hydrogen) atoms. The Morgan fingerprint density at radius 1 is 1.19 bits per heavy atom. The Hall–Kier alpha value is -2.12. The van der Waals surface area contributed by atoms with Crippen molar-refractivity contribution in [3.05, 3.63) is 29.8 Å². The van der Waals surface area contributed by atoms with E-state index in [4.69, 9.17) is 10.5 Å². The van der Waals surface area contributed by atoms with Gasteiger partial charge in [0.2, 0.25) is 0 Å². The quantitative estimate of drug-likeness (QED) is 0.648. The molecule has 3 amide bonds. The molecule has 0 bridgehead atoms. The summed E-state index contributed by atoms with van der Waals surface area (Å²) >= 11 is 0. The number of hydrogen-bond donors (Lipinski definition) is 3. The first kappa shape index (κ1) is 18.7. The van der Waals surface area contributed by atoms with E-state index in [1.165, 1.54) is 0 Å². The highest BCUT2D eigenvalue weighted by Crippen LogP contribution is 2.20. The molecule has 0 radical (unpaired) electrons. The molecule has 7 heteroatoms. The van der Waals surface area contributed by atoms with Crippen LogP contribution >= 0.6 is 0 Å². The number of hydrogen-bond acceptors (Lipinski definition) is 4. The number of carbonyl (C=O) groups is 2.